The molecule has 1 heterocycles. The van der Waals surface area contributed by atoms with Gasteiger partial charge in [0.2, 0.25) is 0 Å². The minimum Gasteiger partial charge on any atom is -0.392 e. The van der Waals surface area contributed by atoms with E-state index in [9.17, 15) is 9.90 Å². The van der Waals surface area contributed by atoms with Gasteiger partial charge in [0.25, 0.3) is 5.91 Å². The average Bonchev–Trinajstić information content (AvgIpc) is 3.45. The number of carbonyl (C=O) groups excluding carboxylic acids is 1. The molecule has 24 heavy (non-hydrogen) atoms. The summed E-state index contributed by atoms with van der Waals surface area (Å²) in [6.45, 7) is 1.43. The molecule has 4 nitrogen and oxygen atoms in total. The number of aliphatic hydroxyl groups excluding tert-OH is 1. The van der Waals surface area contributed by atoms with E-state index in [0.717, 1.165) is 34.5 Å². The Morgan fingerprint density at radius 1 is 1.08 bits per heavy atom. The Bertz CT molecular complexity index is 767. The number of nitrogens with zero attached hydrogens (tertiary/aromatic N) is 1. The molecule has 1 N–H and O–H groups in total. The third kappa shape index (κ3) is 3.07. The number of hydrogen-bond acceptors (Lipinski definition) is 3. The number of ether oxygens (including phenoxy) is 1. The Hall–Kier alpha value is -2.17. The van der Waals surface area contributed by atoms with Gasteiger partial charge >= 0.3 is 0 Å². The Morgan fingerprint density at radius 3 is 2.71 bits per heavy atom. The summed E-state index contributed by atoms with van der Waals surface area (Å²) in [5, 5.41) is 9.35. The zero-order chi connectivity index (χ0) is 16.5. The molecular weight excluding hydrogens is 302 g/mol. The van der Waals surface area contributed by atoms with Crippen LogP contribution in [0, 0.1) is 5.92 Å². The summed E-state index contributed by atoms with van der Waals surface area (Å²) in [5.74, 6) is 0.670. The minimum atomic E-state index is 0.0267. The second-order valence-electron chi connectivity index (χ2n) is 6.64. The number of fused-ring (bicyclic) bond motifs is 1. The summed E-state index contributed by atoms with van der Waals surface area (Å²) in [7, 11) is 0. The number of anilines is 1. The maximum Gasteiger partial charge on any atom is 0.253 e. The van der Waals surface area contributed by atoms with Crippen LogP contribution in [0.3, 0.4) is 0 Å². The molecule has 0 bridgehead atoms. The van der Waals surface area contributed by atoms with Crippen molar-refractivity contribution in [3.8, 4) is 11.1 Å². The first-order valence-corrected chi connectivity index (χ1v) is 8.46. The van der Waals surface area contributed by atoms with Crippen molar-refractivity contribution in [1.82, 2.24) is 0 Å². The van der Waals surface area contributed by atoms with Gasteiger partial charge in [0.15, 0.2) is 0 Å². The van der Waals surface area contributed by atoms with Gasteiger partial charge in [-0.3, -0.25) is 4.79 Å². The van der Waals surface area contributed by atoms with Crippen molar-refractivity contribution < 1.29 is 14.6 Å². The molecule has 4 heteroatoms. The summed E-state index contributed by atoms with van der Waals surface area (Å²) < 4.78 is 5.52. The Balaban J connectivity index is 1.74. The van der Waals surface area contributed by atoms with Gasteiger partial charge in [0.1, 0.15) is 6.61 Å². The highest BCUT2D eigenvalue weighted by Crippen LogP contribution is 2.35. The van der Waals surface area contributed by atoms with Gasteiger partial charge in [-0.25, -0.2) is 0 Å². The van der Waals surface area contributed by atoms with Crippen LogP contribution in [0.1, 0.15) is 24.0 Å². The third-order valence-corrected chi connectivity index (χ3v) is 4.74. The van der Waals surface area contributed by atoms with Crippen LogP contribution in [0.25, 0.3) is 11.1 Å². The standard InChI is InChI=1S/C20H21NO3/c22-11-15-2-1-3-16(8-15)17-6-7-18-12-24-13-20(23)21(19(18)9-17)10-14-4-5-14/h1-3,6-9,14,22H,4-5,10-13H2. The molecule has 2 aromatic carbocycles. The SMILES string of the molecule is O=C1COCc2ccc(-c3cccc(CO)c3)cc2N1CC1CC1. The lowest BCUT2D eigenvalue weighted by atomic mass is 10.00. The van der Waals surface area contributed by atoms with E-state index in [0.29, 0.717) is 12.5 Å². The van der Waals surface area contributed by atoms with E-state index in [1.807, 2.05) is 29.2 Å². The highest BCUT2D eigenvalue weighted by atomic mass is 16.5. The van der Waals surface area contributed by atoms with Crippen LogP contribution in [0.2, 0.25) is 0 Å². The molecule has 0 spiro atoms. The van der Waals surface area contributed by atoms with Gasteiger partial charge in [-0.2, -0.15) is 0 Å². The first-order chi connectivity index (χ1) is 11.7. The quantitative estimate of drug-likeness (QED) is 0.940. The number of benzene rings is 2. The zero-order valence-electron chi connectivity index (χ0n) is 13.6. The van der Waals surface area contributed by atoms with E-state index in [-0.39, 0.29) is 19.1 Å². The number of rotatable bonds is 4. The topological polar surface area (TPSA) is 49.8 Å². The van der Waals surface area contributed by atoms with Gasteiger partial charge in [0.05, 0.1) is 13.2 Å². The largest absolute Gasteiger partial charge is 0.392 e. The smallest absolute Gasteiger partial charge is 0.253 e. The molecule has 2 aliphatic rings. The van der Waals surface area contributed by atoms with Crippen LogP contribution >= 0.6 is 0 Å². The van der Waals surface area contributed by atoms with Crippen LogP contribution < -0.4 is 4.90 Å². The molecule has 1 aliphatic heterocycles. The predicted octanol–water partition coefficient (Wildman–Crippen LogP) is 3.12. The van der Waals surface area contributed by atoms with Crippen LogP contribution in [0.15, 0.2) is 42.5 Å². The van der Waals surface area contributed by atoms with Gasteiger partial charge in [-0.15, -0.1) is 0 Å². The molecule has 0 radical (unpaired) electrons. The minimum absolute atomic E-state index is 0.0267. The summed E-state index contributed by atoms with van der Waals surface area (Å²) in [6, 6.07) is 14.1. The lowest BCUT2D eigenvalue weighted by Gasteiger charge is -2.23. The molecule has 0 unspecified atom stereocenters. The number of hydrogen-bond donors (Lipinski definition) is 1. The van der Waals surface area contributed by atoms with E-state index < -0.39 is 0 Å². The summed E-state index contributed by atoms with van der Waals surface area (Å²) in [6.07, 6.45) is 2.41. The van der Waals surface area contributed by atoms with E-state index in [1.54, 1.807) is 0 Å². The fourth-order valence-corrected chi connectivity index (χ4v) is 3.19. The van der Waals surface area contributed by atoms with E-state index in [1.165, 1.54) is 12.8 Å². The average molecular weight is 323 g/mol. The molecule has 2 aromatic rings. The molecule has 0 saturated heterocycles. The Kier molecular flexibility index (Phi) is 4.08. The highest BCUT2D eigenvalue weighted by molar-refractivity contribution is 5.96. The van der Waals surface area contributed by atoms with E-state index >= 15 is 0 Å². The molecule has 0 atom stereocenters. The first kappa shape index (κ1) is 15.4. The molecule has 1 aliphatic carbocycles. The van der Waals surface area contributed by atoms with Crippen molar-refractivity contribution in [2.24, 2.45) is 5.92 Å². The molecule has 124 valence electrons. The van der Waals surface area contributed by atoms with Crippen LogP contribution in [0.5, 0.6) is 0 Å². The van der Waals surface area contributed by atoms with Crippen molar-refractivity contribution in [3.05, 3.63) is 53.6 Å². The van der Waals surface area contributed by atoms with Gasteiger partial charge in [-0.1, -0.05) is 30.3 Å². The number of carbonyl (C=O) groups is 1. The van der Waals surface area contributed by atoms with Crippen molar-refractivity contribution >= 4 is 11.6 Å². The summed E-state index contributed by atoms with van der Waals surface area (Å²) in [4.78, 5) is 14.4. The first-order valence-electron chi connectivity index (χ1n) is 8.46. The molecular formula is C20H21NO3. The van der Waals surface area contributed by atoms with Crippen molar-refractivity contribution in [3.63, 3.8) is 0 Å². The number of aliphatic hydroxyl groups is 1. The van der Waals surface area contributed by atoms with Gasteiger partial charge in [-0.05, 0) is 47.6 Å². The maximum absolute atomic E-state index is 12.5. The highest BCUT2D eigenvalue weighted by Gasteiger charge is 2.30. The maximum atomic E-state index is 12.5. The van der Waals surface area contributed by atoms with E-state index in [2.05, 4.69) is 18.2 Å². The summed E-state index contributed by atoms with van der Waals surface area (Å²) >= 11 is 0. The van der Waals surface area contributed by atoms with Gasteiger partial charge < -0.3 is 14.7 Å². The molecule has 0 aromatic heterocycles. The van der Waals surface area contributed by atoms with E-state index in [4.69, 9.17) is 4.74 Å². The van der Waals surface area contributed by atoms with Crippen molar-refractivity contribution in [2.75, 3.05) is 18.1 Å². The van der Waals surface area contributed by atoms with Crippen LogP contribution in [-0.4, -0.2) is 24.2 Å². The molecule has 4 rings (SSSR count). The van der Waals surface area contributed by atoms with Crippen LogP contribution in [0.4, 0.5) is 5.69 Å². The molecule has 1 amide bonds. The fourth-order valence-electron chi connectivity index (χ4n) is 3.19. The van der Waals surface area contributed by atoms with Crippen LogP contribution in [-0.2, 0) is 22.7 Å². The second kappa shape index (κ2) is 6.38. The van der Waals surface area contributed by atoms with Crippen molar-refractivity contribution in [2.45, 2.75) is 26.1 Å². The Labute approximate surface area is 141 Å². The zero-order valence-corrected chi connectivity index (χ0v) is 13.6. The normalized spacial score (nSPS) is 17.5. The number of amides is 1. The monoisotopic (exact) mass is 323 g/mol. The molecule has 1 fully saturated rings. The lowest BCUT2D eigenvalue weighted by Crippen LogP contribution is -2.34. The lowest BCUT2D eigenvalue weighted by molar-refractivity contribution is -0.123. The third-order valence-electron chi connectivity index (χ3n) is 4.74. The summed E-state index contributed by atoms with van der Waals surface area (Å²) in [5.41, 5.74) is 5.02. The second-order valence-corrected chi connectivity index (χ2v) is 6.64. The Morgan fingerprint density at radius 2 is 1.92 bits per heavy atom. The molecule has 1 saturated carbocycles. The van der Waals surface area contributed by atoms with Crippen molar-refractivity contribution in [1.29, 1.82) is 0 Å². The fraction of sp³-hybridized carbons (Fsp3) is 0.350. The van der Waals surface area contributed by atoms with Gasteiger partial charge in [0, 0.05) is 17.8 Å². The predicted molar refractivity (Wildman–Crippen MR) is 92.5 cm³/mol.